The molecule has 1 aliphatic carbocycles. The average molecular weight is 449 g/mol. The maximum atomic E-state index is 4.23. The van der Waals surface area contributed by atoms with E-state index in [1.54, 1.807) is 0 Å². The molecule has 0 spiro atoms. The summed E-state index contributed by atoms with van der Waals surface area (Å²) in [5, 5.41) is 0. The van der Waals surface area contributed by atoms with Crippen molar-refractivity contribution in [1.82, 2.24) is 9.97 Å². The molecule has 1 atom stereocenters. The largest absolute Gasteiger partial charge is 0.265 e. The van der Waals surface area contributed by atoms with E-state index in [-0.39, 0.29) is 30.2 Å². The topological polar surface area (TPSA) is 25.8 Å². The number of aromatic nitrogens is 2. The molecule has 0 aliphatic heterocycles. The second-order valence-corrected chi connectivity index (χ2v) is 8.10. The summed E-state index contributed by atoms with van der Waals surface area (Å²) < 4.78 is 0. The van der Waals surface area contributed by atoms with Crippen LogP contribution in [0.15, 0.2) is 104 Å². The standard InChI is InChI=1S/C27H24N2.2ClH/c1-2-6-23(7-3-1)25-20-27(18-21-10-14-28-15-11-21,19-22-12-16-29-17-13-22)26-9-5-4-8-24(25)26;;/h1-17,25H,18-20H2;2*1H. The van der Waals surface area contributed by atoms with Crippen LogP contribution in [0.1, 0.15) is 40.2 Å². The molecule has 0 bridgehead atoms. The van der Waals surface area contributed by atoms with Gasteiger partial charge in [-0.15, -0.1) is 24.8 Å². The molecule has 2 aromatic carbocycles. The smallest absolute Gasteiger partial charge is 0.0270 e. The highest BCUT2D eigenvalue weighted by Crippen LogP contribution is 2.52. The first kappa shape index (κ1) is 23.0. The predicted octanol–water partition coefficient (Wildman–Crippen LogP) is 6.58. The summed E-state index contributed by atoms with van der Waals surface area (Å²) in [5.74, 6) is 0.427. The lowest BCUT2D eigenvalue weighted by Crippen LogP contribution is -2.29. The molecule has 4 aromatic rings. The van der Waals surface area contributed by atoms with Crippen LogP contribution >= 0.6 is 24.8 Å². The van der Waals surface area contributed by atoms with E-state index < -0.39 is 0 Å². The zero-order chi connectivity index (χ0) is 19.5. The monoisotopic (exact) mass is 448 g/mol. The van der Waals surface area contributed by atoms with Gasteiger partial charge in [0.05, 0.1) is 0 Å². The summed E-state index contributed by atoms with van der Waals surface area (Å²) in [4.78, 5) is 8.45. The Balaban J connectivity index is 0.00000136. The SMILES string of the molecule is Cl.Cl.c1ccc(C2CC(Cc3ccncc3)(Cc3ccncc3)c3ccccc32)cc1. The summed E-state index contributed by atoms with van der Waals surface area (Å²) in [5.41, 5.74) is 7.12. The van der Waals surface area contributed by atoms with Gasteiger partial charge in [-0.1, -0.05) is 54.6 Å². The first-order chi connectivity index (χ1) is 14.3. The van der Waals surface area contributed by atoms with Gasteiger partial charge in [0.25, 0.3) is 0 Å². The van der Waals surface area contributed by atoms with Gasteiger partial charge in [-0.05, 0) is 71.3 Å². The molecular weight excluding hydrogens is 423 g/mol. The summed E-state index contributed by atoms with van der Waals surface area (Å²) in [6, 6.07) is 28.7. The second-order valence-electron chi connectivity index (χ2n) is 8.10. The quantitative estimate of drug-likeness (QED) is 0.344. The Bertz CT molecular complexity index is 1040. The van der Waals surface area contributed by atoms with Gasteiger partial charge in [-0.3, -0.25) is 9.97 Å². The first-order valence-electron chi connectivity index (χ1n) is 10.3. The van der Waals surface area contributed by atoms with Gasteiger partial charge in [0.1, 0.15) is 0 Å². The molecule has 2 nitrogen and oxygen atoms in total. The van der Waals surface area contributed by atoms with Crippen LogP contribution in [0.25, 0.3) is 0 Å². The third-order valence-corrected chi connectivity index (χ3v) is 6.29. The maximum absolute atomic E-state index is 4.23. The fraction of sp³-hybridized carbons (Fsp3) is 0.185. The van der Waals surface area contributed by atoms with Crippen LogP contribution in [-0.2, 0) is 18.3 Å². The number of rotatable bonds is 5. The van der Waals surface area contributed by atoms with E-state index in [9.17, 15) is 0 Å². The van der Waals surface area contributed by atoms with Crippen molar-refractivity contribution in [3.63, 3.8) is 0 Å². The number of nitrogens with zero attached hydrogens (tertiary/aromatic N) is 2. The van der Waals surface area contributed by atoms with Gasteiger partial charge in [0.15, 0.2) is 0 Å². The maximum Gasteiger partial charge on any atom is 0.0270 e. The van der Waals surface area contributed by atoms with Gasteiger partial charge in [0, 0.05) is 36.1 Å². The molecule has 2 heterocycles. The molecule has 158 valence electrons. The molecule has 5 rings (SSSR count). The van der Waals surface area contributed by atoms with Crippen LogP contribution in [0, 0.1) is 0 Å². The third-order valence-electron chi connectivity index (χ3n) is 6.29. The van der Waals surface area contributed by atoms with Crippen molar-refractivity contribution >= 4 is 24.8 Å². The van der Waals surface area contributed by atoms with Crippen molar-refractivity contribution in [2.75, 3.05) is 0 Å². The van der Waals surface area contributed by atoms with E-state index in [1.807, 2.05) is 24.8 Å². The minimum atomic E-state index is 0. The van der Waals surface area contributed by atoms with Crippen LogP contribution in [-0.4, -0.2) is 9.97 Å². The van der Waals surface area contributed by atoms with Gasteiger partial charge in [-0.2, -0.15) is 0 Å². The molecule has 0 N–H and O–H groups in total. The van der Waals surface area contributed by atoms with Crippen molar-refractivity contribution in [3.8, 4) is 0 Å². The van der Waals surface area contributed by atoms with E-state index in [2.05, 4.69) is 88.8 Å². The zero-order valence-corrected chi connectivity index (χ0v) is 18.9. The van der Waals surface area contributed by atoms with E-state index in [0.717, 1.165) is 19.3 Å². The highest BCUT2D eigenvalue weighted by atomic mass is 35.5. The first-order valence-corrected chi connectivity index (χ1v) is 10.3. The Hall–Kier alpha value is -2.68. The number of fused-ring (bicyclic) bond motifs is 1. The van der Waals surface area contributed by atoms with E-state index in [4.69, 9.17) is 0 Å². The lowest BCUT2D eigenvalue weighted by Gasteiger charge is -2.32. The average Bonchev–Trinajstić information content (AvgIpc) is 3.10. The van der Waals surface area contributed by atoms with Crippen LogP contribution in [0.5, 0.6) is 0 Å². The Morgan fingerprint density at radius 2 is 1.16 bits per heavy atom. The number of halogens is 2. The normalized spacial score (nSPS) is 15.9. The van der Waals surface area contributed by atoms with E-state index in [0.29, 0.717) is 5.92 Å². The molecule has 4 heteroatoms. The molecule has 31 heavy (non-hydrogen) atoms. The van der Waals surface area contributed by atoms with Gasteiger partial charge < -0.3 is 0 Å². The molecule has 0 fully saturated rings. The molecule has 2 aromatic heterocycles. The summed E-state index contributed by atoms with van der Waals surface area (Å²) >= 11 is 0. The summed E-state index contributed by atoms with van der Waals surface area (Å²) in [7, 11) is 0. The number of hydrogen-bond acceptors (Lipinski definition) is 2. The highest BCUT2D eigenvalue weighted by Gasteiger charge is 2.44. The number of pyridine rings is 2. The molecule has 0 saturated carbocycles. The molecule has 0 amide bonds. The molecule has 0 radical (unpaired) electrons. The minimum absolute atomic E-state index is 0. The van der Waals surface area contributed by atoms with Crippen molar-refractivity contribution < 1.29 is 0 Å². The summed E-state index contributed by atoms with van der Waals surface area (Å²) in [6.07, 6.45) is 10.8. The van der Waals surface area contributed by atoms with Crippen molar-refractivity contribution in [1.29, 1.82) is 0 Å². The van der Waals surface area contributed by atoms with Crippen molar-refractivity contribution in [3.05, 3.63) is 131 Å². The van der Waals surface area contributed by atoms with Gasteiger partial charge in [0.2, 0.25) is 0 Å². The molecule has 0 saturated heterocycles. The molecule has 1 aliphatic rings. The lowest BCUT2D eigenvalue weighted by atomic mass is 9.71. The second kappa shape index (κ2) is 10.1. The minimum Gasteiger partial charge on any atom is -0.265 e. The predicted molar refractivity (Wildman–Crippen MR) is 131 cm³/mol. The Labute approximate surface area is 196 Å². The lowest BCUT2D eigenvalue weighted by molar-refractivity contribution is 0.403. The zero-order valence-electron chi connectivity index (χ0n) is 17.2. The number of benzene rings is 2. The Morgan fingerprint density at radius 3 is 1.74 bits per heavy atom. The Kier molecular flexibility index (Phi) is 7.48. The summed E-state index contributed by atoms with van der Waals surface area (Å²) in [6.45, 7) is 0. The fourth-order valence-corrected chi connectivity index (χ4v) is 5.06. The fourth-order valence-electron chi connectivity index (χ4n) is 5.06. The van der Waals surface area contributed by atoms with Crippen LogP contribution in [0.3, 0.4) is 0 Å². The van der Waals surface area contributed by atoms with E-state index >= 15 is 0 Å². The highest BCUT2D eigenvalue weighted by molar-refractivity contribution is 5.85. The number of hydrogen-bond donors (Lipinski definition) is 0. The van der Waals surface area contributed by atoms with Gasteiger partial charge >= 0.3 is 0 Å². The molecule has 1 unspecified atom stereocenters. The van der Waals surface area contributed by atoms with E-state index in [1.165, 1.54) is 27.8 Å². The van der Waals surface area contributed by atoms with Crippen LogP contribution in [0.2, 0.25) is 0 Å². The van der Waals surface area contributed by atoms with Crippen LogP contribution in [0.4, 0.5) is 0 Å². The van der Waals surface area contributed by atoms with Gasteiger partial charge in [-0.25, -0.2) is 0 Å². The third kappa shape index (κ3) is 4.66. The van der Waals surface area contributed by atoms with Crippen molar-refractivity contribution in [2.24, 2.45) is 0 Å². The molecular formula is C27H26Cl2N2. The van der Waals surface area contributed by atoms with Crippen molar-refractivity contribution in [2.45, 2.75) is 30.6 Å². The Morgan fingerprint density at radius 1 is 0.645 bits per heavy atom. The van der Waals surface area contributed by atoms with Crippen LogP contribution < -0.4 is 0 Å².